The Morgan fingerprint density at radius 1 is 0.500 bits per heavy atom. The highest BCUT2D eigenvalue weighted by atomic mass is 79.9. The summed E-state index contributed by atoms with van der Waals surface area (Å²) in [5, 5.41) is 196. The number of aliphatic hydroxyl groups excluding tert-OH is 9. The summed E-state index contributed by atoms with van der Waals surface area (Å²) in [6.07, 6.45) is -26.2. The molecule has 47 nitrogen and oxygen atoms in total. The van der Waals surface area contributed by atoms with E-state index >= 15 is 0 Å². The van der Waals surface area contributed by atoms with Gasteiger partial charge in [-0.2, -0.15) is 0 Å². The van der Waals surface area contributed by atoms with E-state index < -0.39 is 301 Å². The molecule has 12 rings (SSSR count). The number of nitrogens with one attached hydrogen (secondary N) is 5. The van der Waals surface area contributed by atoms with Crippen molar-refractivity contribution in [3.63, 3.8) is 0 Å². The third-order valence-corrected chi connectivity index (χ3v) is 29.6. The highest BCUT2D eigenvalue weighted by molar-refractivity contribution is 9.09. The number of aliphatic carboxylic acids is 3. The molecule has 0 radical (unpaired) electrons. The van der Waals surface area contributed by atoms with Crippen molar-refractivity contribution in [3.05, 3.63) is 0 Å². The first-order valence-electron chi connectivity index (χ1n) is 47.8. The molecule has 138 heavy (non-hydrogen) atoms. The van der Waals surface area contributed by atoms with Crippen molar-refractivity contribution in [3.8, 4) is 0 Å². The summed E-state index contributed by atoms with van der Waals surface area (Å²) in [7, 11) is 11.2. The Morgan fingerprint density at radius 3 is 1.40 bits per heavy atom. The number of hydrogen-bond acceptors (Lipinski definition) is 44. The van der Waals surface area contributed by atoms with Gasteiger partial charge in [0.25, 0.3) is 17.4 Å². The van der Waals surface area contributed by atoms with Crippen LogP contribution in [0.3, 0.4) is 0 Å². The van der Waals surface area contributed by atoms with Crippen LogP contribution in [-0.2, 0) is 105 Å². The van der Waals surface area contributed by atoms with Gasteiger partial charge in [-0.15, -0.1) is 0 Å². The van der Waals surface area contributed by atoms with Gasteiger partial charge in [-0.25, -0.2) is 0 Å². The predicted molar refractivity (Wildman–Crippen MR) is 485 cm³/mol. The van der Waals surface area contributed by atoms with Crippen LogP contribution in [0.5, 0.6) is 0 Å². The lowest BCUT2D eigenvalue weighted by Gasteiger charge is -2.56. The second kappa shape index (κ2) is 50.1. The zero-order chi connectivity index (χ0) is 104. The van der Waals surface area contributed by atoms with Gasteiger partial charge in [0.2, 0.25) is 18.9 Å². The fourth-order valence-electron chi connectivity index (χ4n) is 21.5. The topological polar surface area (TPSA) is 695 Å². The Kier molecular flexibility index (Phi) is 43.2. The molecule has 0 aromatic heterocycles. The molecule has 9 saturated heterocycles. The van der Waals surface area contributed by atoms with Crippen LogP contribution in [0.25, 0.3) is 0 Å². The molecule has 0 amide bonds. The number of carbonyl (C=O) groups is 7. The number of carboxylic acids is 3. The van der Waals surface area contributed by atoms with Gasteiger partial charge in [0.15, 0.2) is 29.9 Å². The Balaban J connectivity index is 0.000000232. The molecule has 9 heterocycles. The highest BCUT2D eigenvalue weighted by Crippen LogP contribution is 2.48. The molecule has 12 aliphatic rings. The molecule has 12 fully saturated rings. The van der Waals surface area contributed by atoms with Crippen LogP contribution >= 0.6 is 15.9 Å². The number of hydrogen-bond donors (Lipinski definition) is 23. The summed E-state index contributed by atoms with van der Waals surface area (Å²) in [6.45, 7) is 25.6. The molecule has 800 valence electrons. The Hall–Kier alpha value is -4.07. The minimum absolute atomic E-state index is 0.00220. The summed E-state index contributed by atoms with van der Waals surface area (Å²) >= 11 is 2.97. The van der Waals surface area contributed by atoms with E-state index in [4.69, 9.17) is 92.1 Å². The first kappa shape index (κ1) is 119. The second-order valence-corrected chi connectivity index (χ2v) is 40.7. The van der Waals surface area contributed by atoms with E-state index in [1.807, 2.05) is 34.6 Å². The number of ketones is 3. The van der Waals surface area contributed by atoms with Crippen LogP contribution in [-0.4, -0.2) is 467 Å². The van der Waals surface area contributed by atoms with Gasteiger partial charge < -0.3 is 190 Å². The van der Waals surface area contributed by atoms with Crippen LogP contribution in [0.2, 0.25) is 0 Å². The van der Waals surface area contributed by atoms with Crippen LogP contribution in [0, 0.1) is 29.6 Å². The molecule has 8 unspecified atom stereocenters. The van der Waals surface area contributed by atoms with Gasteiger partial charge in [-0.1, -0.05) is 50.5 Å². The Bertz CT molecular complexity index is 3930. The summed E-state index contributed by atoms with van der Waals surface area (Å²) in [5.41, 5.74) is 1.40. The van der Waals surface area contributed by atoms with Gasteiger partial charge in [0, 0.05) is 82.1 Å². The molecule has 48 heteroatoms. The second-order valence-electron chi connectivity index (χ2n) is 39.9. The first-order chi connectivity index (χ1) is 64.3. The maximum absolute atomic E-state index is 14.2. The van der Waals surface area contributed by atoms with E-state index in [1.54, 1.807) is 107 Å². The molecule has 46 atom stereocenters. The quantitative estimate of drug-likeness (QED) is 0.0317. The number of aliphatic hydroxyl groups is 14. The number of carboxylic acid groups (broad SMARTS) is 3. The smallest absolute Gasteiger partial charge is 0.311 e. The van der Waals surface area contributed by atoms with Gasteiger partial charge >= 0.3 is 23.9 Å². The van der Waals surface area contributed by atoms with E-state index in [0.717, 1.165) is 0 Å². The largest absolute Gasteiger partial charge is 0.481 e. The fraction of sp³-hybridized carbons (Fsp3) is 0.922. The minimum Gasteiger partial charge on any atom is -0.481 e. The third kappa shape index (κ3) is 26.5. The predicted octanol–water partition coefficient (Wildman–Crippen LogP) is -5.32. The summed E-state index contributed by atoms with van der Waals surface area (Å²) in [4.78, 5) is 85.8. The maximum Gasteiger partial charge on any atom is 0.311 e. The molecule has 0 bridgehead atoms. The fourth-order valence-corrected chi connectivity index (χ4v) is 21.8. The summed E-state index contributed by atoms with van der Waals surface area (Å²) < 4.78 is 88.3. The van der Waals surface area contributed by atoms with E-state index in [1.165, 1.54) is 14.0 Å². The number of cyclic esters (lactones) is 1. The van der Waals surface area contributed by atoms with E-state index in [2.05, 4.69) is 42.5 Å². The average Bonchev–Trinajstić information content (AvgIpc) is 0.736. The van der Waals surface area contributed by atoms with Gasteiger partial charge in [0.1, 0.15) is 78.8 Å². The average molecular weight is 2060 g/mol. The molecule has 24 N–H and O–H groups in total. The lowest BCUT2D eigenvalue weighted by Crippen LogP contribution is -2.78. The molecule has 3 aliphatic carbocycles. The monoisotopic (exact) mass is 2050 g/mol. The van der Waals surface area contributed by atoms with Crippen molar-refractivity contribution in [2.45, 2.75) is 416 Å². The minimum atomic E-state index is -2.36. The van der Waals surface area contributed by atoms with Crippen molar-refractivity contribution >= 4 is 57.2 Å². The molecule has 0 aromatic carbocycles. The van der Waals surface area contributed by atoms with Crippen molar-refractivity contribution in [1.29, 1.82) is 0 Å². The van der Waals surface area contributed by atoms with Crippen LogP contribution < -0.4 is 32.3 Å². The number of nitrogens with zero attached hydrogens (tertiary/aromatic N) is 2. The number of carbonyl (C=O) groups excluding carboxylic acids is 4. The zero-order valence-corrected chi connectivity index (χ0v) is 84.4. The lowest BCUT2D eigenvalue weighted by molar-refractivity contribution is -0.423. The summed E-state index contributed by atoms with van der Waals surface area (Å²) in [6, 6.07) is -4.92. The van der Waals surface area contributed by atoms with Crippen molar-refractivity contribution in [2.24, 2.45) is 35.3 Å². The van der Waals surface area contributed by atoms with E-state index in [0.29, 0.717) is 37.8 Å². The van der Waals surface area contributed by atoms with Gasteiger partial charge in [-0.3, -0.25) is 43.4 Å². The van der Waals surface area contributed by atoms with Gasteiger partial charge in [0.05, 0.1) is 133 Å². The van der Waals surface area contributed by atoms with Gasteiger partial charge in [-0.05, 0) is 149 Å². The van der Waals surface area contributed by atoms with Crippen LogP contribution in [0.15, 0.2) is 0 Å². The normalized spacial score (nSPS) is 47.1. The number of Topliss-reactive ketones (excluding diaryl/α,β-unsaturated/α-hetero) is 3. The van der Waals surface area contributed by atoms with Crippen molar-refractivity contribution in [2.75, 3.05) is 80.9 Å². The number of nitrogens with two attached hydrogens (primary N) is 1. The number of methoxy groups -OCH3 is 1. The van der Waals surface area contributed by atoms with Crippen LogP contribution in [0.1, 0.15) is 168 Å². The van der Waals surface area contributed by atoms with E-state index in [9.17, 15) is 105 Å². The first-order valence-corrected chi connectivity index (χ1v) is 48.9. The Morgan fingerprint density at radius 2 is 0.949 bits per heavy atom. The number of alkyl halides is 1. The number of fused-ring (bicyclic) bond motifs is 6. The number of likely N-dealkylation sites (N-methyl/N-ethyl adjacent to an activating group) is 6. The summed E-state index contributed by atoms with van der Waals surface area (Å²) in [5.74, 6) is -14.8. The van der Waals surface area contributed by atoms with Crippen molar-refractivity contribution < 1.29 is 191 Å². The molecule has 3 saturated carbocycles. The number of esters is 1. The lowest BCUT2D eigenvalue weighted by atomic mass is 9.72. The molecule has 0 aromatic rings. The zero-order valence-electron chi connectivity index (χ0n) is 82.8. The third-order valence-electron chi connectivity index (χ3n) is 29.2. The number of halogens is 1. The van der Waals surface area contributed by atoms with Crippen LogP contribution in [0.4, 0.5) is 0 Å². The molecular formula is C90H159BrN8O39. The Labute approximate surface area is 813 Å². The standard InChI is InChI=1S/C38H72N2O12.C18H30N2O9.C17H28N2O9.C14H24N2O7.C3H5BrO2/c1-13-26-38(11,46)31(42)22(5)28(40-15-14-39)20(3)17-36(9,45)33(52-35-29(41)19(2)16-21(4)48-35)23(6)30(24(7)34(44)50-26)51-27-18-37(10,47-12)32(43)25(8)49-27;1-8-7-9(21)18(26)17(27-8)28-16-14(25)12(20(3)6-4-5-10(22)23)13(24)11(19-2)15(16)29-18;1-7-6-8(20)17(25)16(26-7)27-15-13(24)10(18-2)12(23)11(14(15)28-17)19(3)5-4-9(21)22;1-5-4-6(17)14(20)13(21-5)22-12-10(19)7(15-2)9(18)8(16-3)11(12)23-14;4-2-1-3(5)6/h19-33,35,40-43,45-46H,13-18,39H2,1-12H3;8,11-17,19,24-26H,4-7H2,1-3H3,(H,22,23);7,10-16,18,23-25H,4-6H2,1-3H3,(H,21,22);5,7-13,15-16,18-20H,4H2,1-3H3;1-2H2,(H,5,6)/t19?,20-,21?,22+,23+,24-,25?,26-,27?,28+,29?,30+,31-,32?,33-,35?,36-,37?,38-;8-,11+,12-,13-,14+,15-,16-,17+,18+;7-,10-,11+,12+,13+,14-,15-,16+,17+;5-,7-,8+,9+,10+,11-,12-,13+,14+;/m1111./s1. The SMILES string of the molecule is CC[C@H]1OC(=O)[C@H](C)[C@@H](OC2CC(C)(OC)C(O)C(C)O2)[C@H](C)[C@@H](OC2OC(C)CC(C)C2O)[C@](C)(O)C[C@@H](C)[C@H](NCCN)[C@H](C)[C@@H](O)[C@]1(C)O.CN[C@@H]1[C@H](O)[C@H](NC)[C@H]2O[C@@]3(O)C(=O)C[C@@H](C)O[C@H]3O[C@@H]2[C@H]1O.CN[C@H]1[C@@H](O)[C@@H](N(C)CCCC(=O)O)[C@H](O)[C@H]2O[C@@H]3O[C@H](C)CC(=O)[C@]3(O)O[C@H]12.CN[C@H]1[C@H](O)[C@H]2O[C@@H]3O[C@H](C)CC(=O)[C@]3(O)O[C@@H]2[C@@H](N(C)CCC(=O)O)[C@H]1O.O=C(O)CCBr. The number of rotatable bonds is 24. The number of ether oxygens (including phenoxy) is 15. The molecule has 0 spiro atoms. The van der Waals surface area contributed by atoms with E-state index in [-0.39, 0.29) is 82.3 Å². The molecule has 9 aliphatic heterocycles. The maximum atomic E-state index is 14.2. The molecular weight excluding hydrogens is 1900 g/mol. The highest BCUT2D eigenvalue weighted by Gasteiger charge is 2.69. The van der Waals surface area contributed by atoms with Crippen molar-refractivity contribution in [1.82, 2.24) is 36.4 Å².